The monoisotopic (exact) mass is 425 g/mol. The summed E-state index contributed by atoms with van der Waals surface area (Å²) in [5, 5.41) is 7.69. The zero-order valence-corrected chi connectivity index (χ0v) is 18.6. The van der Waals surface area contributed by atoms with Crippen molar-refractivity contribution in [1.82, 2.24) is 15.4 Å². The quantitative estimate of drug-likeness (QED) is 0.702. The lowest BCUT2D eigenvalue weighted by Crippen LogP contribution is -2.43. The Morgan fingerprint density at radius 2 is 1.97 bits per heavy atom. The van der Waals surface area contributed by atoms with E-state index in [2.05, 4.69) is 45.7 Å². The molecule has 0 aliphatic carbocycles. The predicted octanol–water partition coefficient (Wildman–Crippen LogP) is 3.46. The third-order valence-corrected chi connectivity index (χ3v) is 6.90. The highest BCUT2D eigenvalue weighted by Crippen LogP contribution is 2.28. The van der Waals surface area contributed by atoms with Gasteiger partial charge in [0.1, 0.15) is 6.61 Å². The molecule has 2 fully saturated rings. The summed E-state index contributed by atoms with van der Waals surface area (Å²) >= 11 is 0. The molecule has 31 heavy (non-hydrogen) atoms. The number of benzene rings is 1. The van der Waals surface area contributed by atoms with Gasteiger partial charge in [0, 0.05) is 32.7 Å². The Balaban J connectivity index is 1.26. The van der Waals surface area contributed by atoms with Gasteiger partial charge in [-0.05, 0) is 68.5 Å². The SMILES string of the molecule is COCc1cc(CC2CNCCC2CC(=O)N2CCC(Cc3ccccc3)CC2)no1. The number of carbonyl (C=O) groups excluding carboxylic acids is 1. The van der Waals surface area contributed by atoms with Gasteiger partial charge in [-0.3, -0.25) is 4.79 Å². The van der Waals surface area contributed by atoms with Gasteiger partial charge in [0.2, 0.25) is 5.91 Å². The van der Waals surface area contributed by atoms with Crippen molar-refractivity contribution < 1.29 is 14.1 Å². The molecule has 1 N–H and O–H groups in total. The van der Waals surface area contributed by atoms with Crippen LogP contribution >= 0.6 is 0 Å². The Morgan fingerprint density at radius 3 is 2.74 bits per heavy atom. The Hall–Kier alpha value is -2.18. The highest BCUT2D eigenvalue weighted by Gasteiger charge is 2.31. The zero-order valence-electron chi connectivity index (χ0n) is 18.6. The van der Waals surface area contributed by atoms with Crippen LogP contribution in [0.3, 0.4) is 0 Å². The number of carbonyl (C=O) groups is 1. The smallest absolute Gasteiger partial charge is 0.222 e. The fourth-order valence-corrected chi connectivity index (χ4v) is 5.10. The van der Waals surface area contributed by atoms with E-state index in [4.69, 9.17) is 9.26 Å². The van der Waals surface area contributed by atoms with Crippen LogP contribution < -0.4 is 5.32 Å². The molecule has 1 amide bonds. The summed E-state index contributed by atoms with van der Waals surface area (Å²) in [7, 11) is 1.65. The van der Waals surface area contributed by atoms with Crippen LogP contribution in [0, 0.1) is 17.8 Å². The molecule has 6 heteroatoms. The number of hydrogen-bond donors (Lipinski definition) is 1. The Kier molecular flexibility index (Phi) is 7.76. The topological polar surface area (TPSA) is 67.6 Å². The van der Waals surface area contributed by atoms with Gasteiger partial charge in [0.05, 0.1) is 5.69 Å². The molecular weight excluding hydrogens is 390 g/mol. The maximum Gasteiger partial charge on any atom is 0.222 e. The lowest BCUT2D eigenvalue weighted by Gasteiger charge is -2.36. The van der Waals surface area contributed by atoms with Gasteiger partial charge in [0.25, 0.3) is 0 Å². The maximum atomic E-state index is 13.1. The van der Waals surface area contributed by atoms with E-state index in [-0.39, 0.29) is 0 Å². The van der Waals surface area contributed by atoms with E-state index in [9.17, 15) is 4.79 Å². The molecule has 0 radical (unpaired) electrons. The zero-order chi connectivity index (χ0) is 21.5. The van der Waals surface area contributed by atoms with Crippen molar-refractivity contribution in [2.45, 2.75) is 45.1 Å². The van der Waals surface area contributed by atoms with Crippen molar-refractivity contribution in [3.8, 4) is 0 Å². The van der Waals surface area contributed by atoms with E-state index < -0.39 is 0 Å². The Labute approximate surface area is 185 Å². The molecule has 4 rings (SSSR count). The highest BCUT2D eigenvalue weighted by molar-refractivity contribution is 5.76. The van der Waals surface area contributed by atoms with Gasteiger partial charge >= 0.3 is 0 Å². The number of amides is 1. The molecule has 2 unspecified atom stereocenters. The average molecular weight is 426 g/mol. The van der Waals surface area contributed by atoms with Crippen molar-refractivity contribution in [3.05, 3.63) is 53.4 Å². The molecule has 1 aromatic carbocycles. The fraction of sp³-hybridized carbons (Fsp3) is 0.600. The number of methoxy groups -OCH3 is 1. The van der Waals surface area contributed by atoms with Gasteiger partial charge in [-0.1, -0.05) is 35.5 Å². The van der Waals surface area contributed by atoms with Crippen molar-refractivity contribution >= 4 is 5.91 Å². The third kappa shape index (κ3) is 6.17. The molecule has 3 heterocycles. The van der Waals surface area contributed by atoms with Gasteiger partial charge in [0.15, 0.2) is 5.76 Å². The maximum absolute atomic E-state index is 13.1. The standard InChI is InChI=1S/C25H35N3O3/c1-30-18-24-16-23(27-31-24)14-22-17-26-10-7-21(22)15-25(29)28-11-8-20(9-12-28)13-19-5-3-2-4-6-19/h2-6,16,20-22,26H,7-15,17-18H2,1H3. The first-order chi connectivity index (χ1) is 15.2. The lowest BCUT2D eigenvalue weighted by atomic mass is 9.80. The molecule has 0 spiro atoms. The largest absolute Gasteiger partial charge is 0.377 e. The van der Waals surface area contributed by atoms with Crippen LogP contribution in [-0.4, -0.2) is 49.3 Å². The van der Waals surface area contributed by atoms with E-state index in [0.29, 0.717) is 36.7 Å². The number of ether oxygens (including phenoxy) is 1. The predicted molar refractivity (Wildman–Crippen MR) is 119 cm³/mol. The Bertz CT molecular complexity index is 814. The molecular formula is C25H35N3O3. The van der Waals surface area contributed by atoms with Crippen molar-refractivity contribution in [2.24, 2.45) is 17.8 Å². The molecule has 0 saturated carbocycles. The molecule has 2 aliphatic heterocycles. The summed E-state index contributed by atoms with van der Waals surface area (Å²) in [5.74, 6) is 2.58. The number of nitrogens with zero attached hydrogens (tertiary/aromatic N) is 2. The first kappa shape index (κ1) is 22.0. The third-order valence-electron chi connectivity index (χ3n) is 6.90. The molecule has 2 atom stereocenters. The summed E-state index contributed by atoms with van der Waals surface area (Å²) in [6.45, 7) is 4.16. The summed E-state index contributed by atoms with van der Waals surface area (Å²) < 4.78 is 10.5. The summed E-state index contributed by atoms with van der Waals surface area (Å²) in [6, 6.07) is 12.7. The van der Waals surface area contributed by atoms with E-state index >= 15 is 0 Å². The van der Waals surface area contributed by atoms with Crippen molar-refractivity contribution in [2.75, 3.05) is 33.3 Å². The molecule has 1 aromatic heterocycles. The van der Waals surface area contributed by atoms with Gasteiger partial charge in [-0.15, -0.1) is 0 Å². The van der Waals surface area contributed by atoms with Crippen LogP contribution in [0.4, 0.5) is 0 Å². The fourth-order valence-electron chi connectivity index (χ4n) is 5.10. The van der Waals surface area contributed by atoms with Crippen molar-refractivity contribution in [3.63, 3.8) is 0 Å². The summed E-state index contributed by atoms with van der Waals surface area (Å²) in [5.41, 5.74) is 2.37. The number of hydrogen-bond acceptors (Lipinski definition) is 5. The van der Waals surface area contributed by atoms with Gasteiger partial charge in [-0.25, -0.2) is 0 Å². The number of likely N-dealkylation sites (tertiary alicyclic amines) is 1. The second-order valence-electron chi connectivity index (χ2n) is 9.15. The van der Waals surface area contributed by atoms with Gasteiger partial charge < -0.3 is 19.5 Å². The van der Waals surface area contributed by atoms with E-state index in [0.717, 1.165) is 69.7 Å². The summed E-state index contributed by atoms with van der Waals surface area (Å²) in [6.07, 6.45) is 5.89. The first-order valence-electron chi connectivity index (χ1n) is 11.7. The van der Waals surface area contributed by atoms with E-state index in [1.807, 2.05) is 6.07 Å². The minimum absolute atomic E-state index is 0.329. The number of rotatable bonds is 8. The molecule has 6 nitrogen and oxygen atoms in total. The number of nitrogens with one attached hydrogen (secondary N) is 1. The number of piperidine rings is 2. The minimum atomic E-state index is 0.329. The van der Waals surface area contributed by atoms with E-state index in [1.165, 1.54) is 5.56 Å². The van der Waals surface area contributed by atoms with E-state index in [1.54, 1.807) is 7.11 Å². The minimum Gasteiger partial charge on any atom is -0.377 e. The lowest BCUT2D eigenvalue weighted by molar-refractivity contribution is -0.134. The normalized spacial score (nSPS) is 22.5. The first-order valence-corrected chi connectivity index (χ1v) is 11.7. The van der Waals surface area contributed by atoms with Crippen LogP contribution in [0.1, 0.15) is 42.7 Å². The second-order valence-corrected chi connectivity index (χ2v) is 9.15. The van der Waals surface area contributed by atoms with Crippen molar-refractivity contribution in [1.29, 1.82) is 0 Å². The van der Waals surface area contributed by atoms with Crippen LogP contribution in [0.15, 0.2) is 40.9 Å². The second kappa shape index (κ2) is 10.9. The van der Waals surface area contributed by atoms with Crippen LogP contribution in [0.5, 0.6) is 0 Å². The highest BCUT2D eigenvalue weighted by atomic mass is 16.5. The molecule has 168 valence electrons. The van der Waals surface area contributed by atoms with Crippen LogP contribution in [-0.2, 0) is 29.0 Å². The Morgan fingerprint density at radius 1 is 1.16 bits per heavy atom. The molecule has 2 aromatic rings. The molecule has 2 aliphatic rings. The number of aromatic nitrogens is 1. The molecule has 0 bridgehead atoms. The summed E-state index contributed by atoms with van der Waals surface area (Å²) in [4.78, 5) is 15.2. The van der Waals surface area contributed by atoms with Gasteiger partial charge in [-0.2, -0.15) is 0 Å². The molecule has 2 saturated heterocycles. The van der Waals surface area contributed by atoms with Crippen LogP contribution in [0.2, 0.25) is 0 Å². The average Bonchev–Trinajstić information content (AvgIpc) is 3.23. The van der Waals surface area contributed by atoms with Crippen LogP contribution in [0.25, 0.3) is 0 Å².